The predicted octanol–water partition coefficient (Wildman–Crippen LogP) is 2.80. The van der Waals surface area contributed by atoms with E-state index in [2.05, 4.69) is 10.2 Å². The molecule has 1 unspecified atom stereocenters. The Morgan fingerprint density at radius 3 is 2.44 bits per heavy atom. The standard InChI is InChI=1S/C20H30ClN3O3/c1-5-15(4)22-19(25)13-23-8-10-24(11-9-23)20(26)17-12-16(21)6-7-18(17)27-14(2)3/h6-7,12,14-15H,5,8-11,13H2,1-4H3,(H,22,25). The number of nitrogens with zero attached hydrogens (tertiary/aromatic N) is 2. The van der Waals surface area contributed by atoms with Crippen LogP contribution in [0.25, 0.3) is 0 Å². The summed E-state index contributed by atoms with van der Waals surface area (Å²) in [6, 6.07) is 5.31. The van der Waals surface area contributed by atoms with Crippen molar-refractivity contribution in [2.75, 3.05) is 32.7 Å². The monoisotopic (exact) mass is 395 g/mol. The van der Waals surface area contributed by atoms with Gasteiger partial charge in [-0.15, -0.1) is 0 Å². The number of ether oxygens (including phenoxy) is 1. The van der Waals surface area contributed by atoms with E-state index in [0.29, 0.717) is 49.1 Å². The highest BCUT2D eigenvalue weighted by molar-refractivity contribution is 6.31. The van der Waals surface area contributed by atoms with Gasteiger partial charge in [0.2, 0.25) is 5.91 Å². The largest absolute Gasteiger partial charge is 0.490 e. The van der Waals surface area contributed by atoms with Gasteiger partial charge >= 0.3 is 0 Å². The molecule has 1 saturated heterocycles. The number of halogens is 1. The summed E-state index contributed by atoms with van der Waals surface area (Å²) in [7, 11) is 0. The molecule has 2 amide bonds. The van der Waals surface area contributed by atoms with Gasteiger partial charge < -0.3 is 15.0 Å². The molecule has 1 fully saturated rings. The van der Waals surface area contributed by atoms with Crippen LogP contribution < -0.4 is 10.1 Å². The molecule has 1 heterocycles. The smallest absolute Gasteiger partial charge is 0.257 e. The van der Waals surface area contributed by atoms with Crippen LogP contribution in [0, 0.1) is 0 Å². The average Bonchev–Trinajstić information content (AvgIpc) is 2.62. The minimum Gasteiger partial charge on any atom is -0.490 e. The summed E-state index contributed by atoms with van der Waals surface area (Å²) in [6.45, 7) is 10.7. The number of rotatable bonds is 7. The summed E-state index contributed by atoms with van der Waals surface area (Å²) in [6.07, 6.45) is 0.882. The van der Waals surface area contributed by atoms with E-state index in [1.54, 1.807) is 23.1 Å². The zero-order chi connectivity index (χ0) is 20.0. The lowest BCUT2D eigenvalue weighted by atomic mass is 10.1. The Hall–Kier alpha value is -1.79. The molecule has 2 rings (SSSR count). The van der Waals surface area contributed by atoms with Crippen molar-refractivity contribution < 1.29 is 14.3 Å². The SMILES string of the molecule is CCC(C)NC(=O)CN1CCN(C(=O)c2cc(Cl)ccc2OC(C)C)CC1. The van der Waals surface area contributed by atoms with Crippen LogP contribution in [0.1, 0.15) is 44.5 Å². The van der Waals surface area contributed by atoms with Crippen molar-refractivity contribution in [3.05, 3.63) is 28.8 Å². The Bertz CT molecular complexity index is 658. The van der Waals surface area contributed by atoms with Crippen molar-refractivity contribution in [1.82, 2.24) is 15.1 Å². The zero-order valence-electron chi connectivity index (χ0n) is 16.6. The fourth-order valence-electron chi connectivity index (χ4n) is 2.93. The fourth-order valence-corrected chi connectivity index (χ4v) is 3.10. The quantitative estimate of drug-likeness (QED) is 0.771. The number of hydrogen-bond donors (Lipinski definition) is 1. The zero-order valence-corrected chi connectivity index (χ0v) is 17.4. The Balaban J connectivity index is 1.95. The molecule has 0 spiro atoms. The summed E-state index contributed by atoms with van der Waals surface area (Å²) >= 11 is 6.09. The number of carbonyl (C=O) groups is 2. The van der Waals surface area contributed by atoms with Gasteiger partial charge in [0.15, 0.2) is 0 Å². The molecule has 27 heavy (non-hydrogen) atoms. The van der Waals surface area contributed by atoms with Crippen molar-refractivity contribution in [1.29, 1.82) is 0 Å². The maximum Gasteiger partial charge on any atom is 0.257 e. The minimum absolute atomic E-state index is 0.0291. The number of benzene rings is 1. The Kier molecular flexibility index (Phi) is 7.92. The molecule has 7 heteroatoms. The van der Waals surface area contributed by atoms with Crippen LogP contribution in [0.15, 0.2) is 18.2 Å². The topological polar surface area (TPSA) is 61.9 Å². The number of carbonyl (C=O) groups excluding carboxylic acids is 2. The van der Waals surface area contributed by atoms with E-state index in [1.807, 2.05) is 27.7 Å². The first-order valence-corrected chi connectivity index (χ1v) is 9.95. The molecule has 0 aliphatic carbocycles. The second-order valence-electron chi connectivity index (χ2n) is 7.25. The Labute approximate surface area is 166 Å². The van der Waals surface area contributed by atoms with E-state index < -0.39 is 0 Å². The lowest BCUT2D eigenvalue weighted by Gasteiger charge is -2.34. The fraction of sp³-hybridized carbons (Fsp3) is 0.600. The van der Waals surface area contributed by atoms with Crippen molar-refractivity contribution in [2.24, 2.45) is 0 Å². The molecule has 1 aliphatic rings. The van der Waals surface area contributed by atoms with E-state index in [-0.39, 0.29) is 24.0 Å². The minimum atomic E-state index is -0.0862. The predicted molar refractivity (Wildman–Crippen MR) is 107 cm³/mol. The van der Waals surface area contributed by atoms with Crippen molar-refractivity contribution in [3.63, 3.8) is 0 Å². The molecule has 1 N–H and O–H groups in total. The second kappa shape index (κ2) is 9.95. The number of hydrogen-bond acceptors (Lipinski definition) is 4. The first kappa shape index (κ1) is 21.5. The van der Waals surface area contributed by atoms with Gasteiger partial charge in [-0.2, -0.15) is 0 Å². The van der Waals surface area contributed by atoms with E-state index >= 15 is 0 Å². The van der Waals surface area contributed by atoms with Gasteiger partial charge in [0.05, 0.1) is 18.2 Å². The van der Waals surface area contributed by atoms with Gasteiger partial charge in [-0.1, -0.05) is 18.5 Å². The third-order valence-electron chi connectivity index (χ3n) is 4.58. The molecule has 1 atom stereocenters. The van der Waals surface area contributed by atoms with E-state index in [4.69, 9.17) is 16.3 Å². The summed E-state index contributed by atoms with van der Waals surface area (Å²) in [5, 5.41) is 3.49. The van der Waals surface area contributed by atoms with E-state index in [1.165, 1.54) is 0 Å². The van der Waals surface area contributed by atoms with Gasteiger partial charge in [-0.3, -0.25) is 14.5 Å². The van der Waals surface area contributed by atoms with Gasteiger partial charge in [-0.05, 0) is 45.4 Å². The first-order chi connectivity index (χ1) is 12.8. The highest BCUT2D eigenvalue weighted by atomic mass is 35.5. The molecule has 1 aromatic rings. The lowest BCUT2D eigenvalue weighted by Crippen LogP contribution is -2.51. The van der Waals surface area contributed by atoms with Gasteiger partial charge in [0, 0.05) is 37.2 Å². The molecule has 0 radical (unpaired) electrons. The average molecular weight is 396 g/mol. The maximum absolute atomic E-state index is 13.0. The molecule has 150 valence electrons. The van der Waals surface area contributed by atoms with E-state index in [9.17, 15) is 9.59 Å². The summed E-state index contributed by atoms with van der Waals surface area (Å²) in [4.78, 5) is 28.9. The second-order valence-corrected chi connectivity index (χ2v) is 7.69. The highest BCUT2D eigenvalue weighted by Gasteiger charge is 2.26. The summed E-state index contributed by atoms with van der Waals surface area (Å²) < 4.78 is 5.76. The van der Waals surface area contributed by atoms with Crippen molar-refractivity contribution in [2.45, 2.75) is 46.3 Å². The number of nitrogens with one attached hydrogen (secondary N) is 1. The van der Waals surface area contributed by atoms with E-state index in [0.717, 1.165) is 6.42 Å². The van der Waals surface area contributed by atoms with Gasteiger partial charge in [0.25, 0.3) is 5.91 Å². The molecule has 1 aromatic carbocycles. The third-order valence-corrected chi connectivity index (χ3v) is 4.82. The maximum atomic E-state index is 13.0. The Morgan fingerprint density at radius 2 is 1.85 bits per heavy atom. The number of amides is 2. The van der Waals surface area contributed by atoms with Crippen LogP contribution in [0.2, 0.25) is 5.02 Å². The molecule has 1 aliphatic heterocycles. The molecule has 6 nitrogen and oxygen atoms in total. The molecule has 0 aromatic heterocycles. The normalized spacial score (nSPS) is 16.3. The van der Waals surface area contributed by atoms with Gasteiger partial charge in [0.1, 0.15) is 5.75 Å². The van der Waals surface area contributed by atoms with Crippen LogP contribution in [0.3, 0.4) is 0 Å². The van der Waals surface area contributed by atoms with Crippen LogP contribution in [-0.4, -0.2) is 66.5 Å². The molecular weight excluding hydrogens is 366 g/mol. The van der Waals surface area contributed by atoms with Crippen LogP contribution >= 0.6 is 11.6 Å². The summed E-state index contributed by atoms with van der Waals surface area (Å²) in [5.41, 5.74) is 0.485. The van der Waals surface area contributed by atoms with Crippen molar-refractivity contribution in [3.8, 4) is 5.75 Å². The van der Waals surface area contributed by atoms with Gasteiger partial charge in [-0.25, -0.2) is 0 Å². The molecular formula is C20H30ClN3O3. The molecule has 0 bridgehead atoms. The lowest BCUT2D eigenvalue weighted by molar-refractivity contribution is -0.123. The first-order valence-electron chi connectivity index (χ1n) is 9.57. The molecule has 0 saturated carbocycles. The third kappa shape index (κ3) is 6.40. The van der Waals surface area contributed by atoms with Crippen LogP contribution in [-0.2, 0) is 4.79 Å². The number of piperazine rings is 1. The van der Waals surface area contributed by atoms with Crippen LogP contribution in [0.5, 0.6) is 5.75 Å². The van der Waals surface area contributed by atoms with Crippen molar-refractivity contribution >= 4 is 23.4 Å². The Morgan fingerprint density at radius 1 is 1.19 bits per heavy atom. The highest BCUT2D eigenvalue weighted by Crippen LogP contribution is 2.26. The van der Waals surface area contributed by atoms with Crippen LogP contribution in [0.4, 0.5) is 0 Å². The summed E-state index contributed by atoms with van der Waals surface area (Å²) in [5.74, 6) is 0.498.